The van der Waals surface area contributed by atoms with Gasteiger partial charge < -0.3 is 9.76 Å². The van der Waals surface area contributed by atoms with Crippen molar-refractivity contribution in [1.82, 2.24) is 0 Å². The first-order valence-corrected chi connectivity index (χ1v) is 11.5. The van der Waals surface area contributed by atoms with Gasteiger partial charge in [0, 0.05) is 0 Å². The highest BCUT2D eigenvalue weighted by Crippen LogP contribution is 2.31. The lowest BCUT2D eigenvalue weighted by Crippen LogP contribution is -2.49. The molecular formula is C30H29BO2. The molecule has 0 aliphatic carbocycles. The lowest BCUT2D eigenvalue weighted by Gasteiger charge is -2.37. The minimum atomic E-state index is -0.912. The van der Waals surface area contributed by atoms with E-state index in [1.165, 1.54) is 43.4 Å². The standard InChI is InChI=1S/C30H29BO2/c1-29(2,32)30(3,4)33-31-26-15-13-22-17-21(10-11-24(22)19-26)23-14-16-28-25(18-23)12-9-20-7-5-6-8-27(20)28/h5-19,31-32H,1-4H3. The van der Waals surface area contributed by atoms with E-state index >= 15 is 0 Å². The smallest absolute Gasteiger partial charge is 0.309 e. The van der Waals surface area contributed by atoms with Crippen LogP contribution in [0.2, 0.25) is 0 Å². The number of hydrogen-bond acceptors (Lipinski definition) is 2. The van der Waals surface area contributed by atoms with Crippen LogP contribution in [0.5, 0.6) is 0 Å². The Balaban J connectivity index is 1.44. The topological polar surface area (TPSA) is 29.5 Å². The maximum atomic E-state index is 10.3. The van der Waals surface area contributed by atoms with Gasteiger partial charge in [-0.15, -0.1) is 0 Å². The molecule has 5 aromatic rings. The lowest BCUT2D eigenvalue weighted by atomic mass is 9.82. The number of fused-ring (bicyclic) bond motifs is 4. The first-order chi connectivity index (χ1) is 15.7. The highest BCUT2D eigenvalue weighted by molar-refractivity contribution is 6.47. The summed E-state index contributed by atoms with van der Waals surface area (Å²) in [7, 11) is 0.466. The second-order valence-electron chi connectivity index (χ2n) is 9.98. The van der Waals surface area contributed by atoms with E-state index in [-0.39, 0.29) is 0 Å². The molecule has 0 fully saturated rings. The zero-order chi connectivity index (χ0) is 23.2. The highest BCUT2D eigenvalue weighted by atomic mass is 16.5. The van der Waals surface area contributed by atoms with Crippen molar-refractivity contribution in [2.75, 3.05) is 0 Å². The molecule has 5 aromatic carbocycles. The number of rotatable bonds is 5. The van der Waals surface area contributed by atoms with Crippen molar-refractivity contribution in [3.8, 4) is 11.1 Å². The first kappa shape index (κ1) is 21.7. The third-order valence-electron chi connectivity index (χ3n) is 7.06. The molecule has 1 N–H and O–H groups in total. The fraction of sp³-hybridized carbons (Fsp3) is 0.200. The molecule has 3 heteroatoms. The van der Waals surface area contributed by atoms with E-state index in [0.29, 0.717) is 7.48 Å². The van der Waals surface area contributed by atoms with Crippen LogP contribution in [0.15, 0.2) is 91.0 Å². The van der Waals surface area contributed by atoms with Gasteiger partial charge >= 0.3 is 7.48 Å². The van der Waals surface area contributed by atoms with E-state index in [1.807, 2.05) is 13.8 Å². The fourth-order valence-electron chi connectivity index (χ4n) is 4.20. The van der Waals surface area contributed by atoms with E-state index in [1.54, 1.807) is 13.8 Å². The monoisotopic (exact) mass is 432 g/mol. The summed E-state index contributed by atoms with van der Waals surface area (Å²) in [5, 5.41) is 17.8. The van der Waals surface area contributed by atoms with E-state index < -0.39 is 11.2 Å². The third-order valence-corrected chi connectivity index (χ3v) is 7.06. The van der Waals surface area contributed by atoms with Crippen molar-refractivity contribution >= 4 is 45.3 Å². The van der Waals surface area contributed by atoms with E-state index in [9.17, 15) is 5.11 Å². The van der Waals surface area contributed by atoms with Crippen LogP contribution in [0.4, 0.5) is 0 Å². The molecule has 0 heterocycles. The largest absolute Gasteiger partial charge is 0.427 e. The van der Waals surface area contributed by atoms with E-state index in [0.717, 1.165) is 5.46 Å². The molecule has 33 heavy (non-hydrogen) atoms. The van der Waals surface area contributed by atoms with Crippen LogP contribution in [-0.2, 0) is 4.65 Å². The van der Waals surface area contributed by atoms with Gasteiger partial charge in [-0.1, -0.05) is 84.3 Å². The van der Waals surface area contributed by atoms with Gasteiger partial charge in [-0.05, 0) is 83.3 Å². The minimum Gasteiger partial charge on any atom is -0.427 e. The van der Waals surface area contributed by atoms with Crippen LogP contribution in [0.3, 0.4) is 0 Å². The fourth-order valence-corrected chi connectivity index (χ4v) is 4.20. The first-order valence-electron chi connectivity index (χ1n) is 11.5. The quantitative estimate of drug-likeness (QED) is 0.259. The van der Waals surface area contributed by atoms with Gasteiger partial charge in [-0.3, -0.25) is 0 Å². The van der Waals surface area contributed by atoms with Crippen molar-refractivity contribution in [3.63, 3.8) is 0 Å². The van der Waals surface area contributed by atoms with Crippen molar-refractivity contribution in [2.24, 2.45) is 0 Å². The summed E-state index contributed by atoms with van der Waals surface area (Å²) in [6.07, 6.45) is 0. The van der Waals surface area contributed by atoms with Crippen molar-refractivity contribution in [3.05, 3.63) is 91.0 Å². The Morgan fingerprint density at radius 2 is 1.18 bits per heavy atom. The molecular weight excluding hydrogens is 403 g/mol. The van der Waals surface area contributed by atoms with Gasteiger partial charge in [0.1, 0.15) is 0 Å². The highest BCUT2D eigenvalue weighted by Gasteiger charge is 2.35. The van der Waals surface area contributed by atoms with Crippen LogP contribution < -0.4 is 5.46 Å². The molecule has 0 spiro atoms. The van der Waals surface area contributed by atoms with Gasteiger partial charge in [-0.2, -0.15) is 0 Å². The molecule has 0 radical (unpaired) electrons. The predicted molar refractivity (Wildman–Crippen MR) is 143 cm³/mol. The van der Waals surface area contributed by atoms with Gasteiger partial charge in [0.2, 0.25) is 0 Å². The number of hydrogen-bond donors (Lipinski definition) is 1. The average Bonchev–Trinajstić information content (AvgIpc) is 2.81. The molecule has 0 aromatic heterocycles. The van der Waals surface area contributed by atoms with Crippen LogP contribution >= 0.6 is 0 Å². The molecule has 0 atom stereocenters. The maximum Gasteiger partial charge on any atom is 0.309 e. The Hall–Kier alpha value is -3.14. The molecule has 0 unspecified atom stereocenters. The van der Waals surface area contributed by atoms with Gasteiger partial charge in [0.05, 0.1) is 11.2 Å². The molecule has 0 saturated heterocycles. The second kappa shape index (κ2) is 8.02. The van der Waals surface area contributed by atoms with Gasteiger partial charge in [-0.25, -0.2) is 0 Å². The van der Waals surface area contributed by atoms with Crippen LogP contribution in [0, 0.1) is 0 Å². The SMILES string of the molecule is CC(C)(O)C(C)(C)OBc1ccc2cc(-c3ccc4c(ccc5ccccc54)c3)ccc2c1. The van der Waals surface area contributed by atoms with Crippen molar-refractivity contribution in [2.45, 2.75) is 38.9 Å². The molecule has 0 aliphatic heterocycles. The Kier molecular flexibility index (Phi) is 5.27. The van der Waals surface area contributed by atoms with E-state index in [4.69, 9.17) is 4.65 Å². The number of benzene rings is 5. The molecule has 0 saturated carbocycles. The number of aliphatic hydroxyl groups is 1. The van der Waals surface area contributed by atoms with Crippen molar-refractivity contribution in [1.29, 1.82) is 0 Å². The lowest BCUT2D eigenvalue weighted by molar-refractivity contribution is -0.0893. The van der Waals surface area contributed by atoms with E-state index in [2.05, 4.69) is 91.0 Å². The molecule has 2 nitrogen and oxygen atoms in total. The third kappa shape index (κ3) is 4.15. The average molecular weight is 432 g/mol. The summed E-state index contributed by atoms with van der Waals surface area (Å²) in [5.74, 6) is 0. The summed E-state index contributed by atoms with van der Waals surface area (Å²) in [6, 6.07) is 32.8. The maximum absolute atomic E-state index is 10.3. The summed E-state index contributed by atoms with van der Waals surface area (Å²) < 4.78 is 6.04. The van der Waals surface area contributed by atoms with Crippen LogP contribution in [0.25, 0.3) is 43.4 Å². The van der Waals surface area contributed by atoms with Crippen molar-refractivity contribution < 1.29 is 9.76 Å². The summed E-state index contributed by atoms with van der Waals surface area (Å²) in [5.41, 5.74) is 1.99. The Labute approximate surface area is 196 Å². The van der Waals surface area contributed by atoms with Gasteiger partial charge in [0.25, 0.3) is 0 Å². The Bertz CT molecular complexity index is 1480. The Morgan fingerprint density at radius 1 is 0.606 bits per heavy atom. The van der Waals surface area contributed by atoms with Gasteiger partial charge in [0.15, 0.2) is 0 Å². The molecule has 5 rings (SSSR count). The zero-order valence-corrected chi connectivity index (χ0v) is 19.7. The molecule has 0 aliphatic rings. The van der Waals surface area contributed by atoms with Crippen LogP contribution in [0.1, 0.15) is 27.7 Å². The molecule has 0 amide bonds. The Morgan fingerprint density at radius 3 is 1.97 bits per heavy atom. The molecule has 0 bridgehead atoms. The summed E-state index contributed by atoms with van der Waals surface area (Å²) in [4.78, 5) is 0. The molecule has 164 valence electrons. The summed E-state index contributed by atoms with van der Waals surface area (Å²) in [6.45, 7) is 7.41. The normalized spacial score (nSPS) is 12.5. The zero-order valence-electron chi connectivity index (χ0n) is 19.7. The minimum absolute atomic E-state index is 0.466. The summed E-state index contributed by atoms with van der Waals surface area (Å²) >= 11 is 0. The second-order valence-corrected chi connectivity index (χ2v) is 9.98. The predicted octanol–water partition coefficient (Wildman–Crippen LogP) is 6.36. The van der Waals surface area contributed by atoms with Crippen LogP contribution in [-0.4, -0.2) is 23.8 Å².